The number of allylic oxidation sites excluding steroid dienone is 2. The third kappa shape index (κ3) is 10.0. The third-order valence-corrected chi connectivity index (χ3v) is 14.4. The van der Waals surface area contributed by atoms with Gasteiger partial charge in [-0.05, 0) is 104 Å². The molecule has 0 spiro atoms. The molecule has 2 saturated heterocycles. The first-order chi connectivity index (χ1) is 30.5. The van der Waals surface area contributed by atoms with Gasteiger partial charge in [-0.25, -0.2) is 4.79 Å². The topological polar surface area (TPSA) is 209 Å². The van der Waals surface area contributed by atoms with Crippen LogP contribution in [0.25, 0.3) is 17.4 Å². The lowest BCUT2D eigenvalue weighted by Gasteiger charge is -2.53. The van der Waals surface area contributed by atoms with Crippen LogP contribution in [-0.2, 0) is 25.5 Å². The predicted molar refractivity (Wildman–Crippen MR) is 245 cm³/mol. The van der Waals surface area contributed by atoms with Gasteiger partial charge in [0.05, 0.1) is 12.1 Å². The van der Waals surface area contributed by atoms with Crippen molar-refractivity contribution in [3.05, 3.63) is 107 Å². The Morgan fingerprint density at radius 3 is 2.68 bits per heavy atom. The number of nitrogens with zero attached hydrogens (tertiary/aromatic N) is 1. The summed E-state index contributed by atoms with van der Waals surface area (Å²) in [6.07, 6.45) is 5.41. The Morgan fingerprint density at radius 2 is 1.94 bits per heavy atom. The molecule has 0 bridgehead atoms. The van der Waals surface area contributed by atoms with E-state index in [1.54, 1.807) is 12.1 Å². The van der Waals surface area contributed by atoms with Gasteiger partial charge in [0, 0.05) is 30.2 Å². The van der Waals surface area contributed by atoms with Crippen molar-refractivity contribution in [1.82, 2.24) is 10.6 Å². The fourth-order valence-corrected chi connectivity index (χ4v) is 10.8. The Hall–Kier alpha value is -4.65. The van der Waals surface area contributed by atoms with Crippen molar-refractivity contribution in [2.75, 3.05) is 51.5 Å². The molecule has 0 saturated carbocycles. The van der Waals surface area contributed by atoms with Gasteiger partial charge in [0.15, 0.2) is 23.6 Å². The number of carbonyl (C=O) groups is 2. The highest BCUT2D eigenvalue weighted by Gasteiger charge is 2.69. The molecular formula is C47H55N3O11S2. The van der Waals surface area contributed by atoms with E-state index in [9.17, 15) is 35.1 Å². The Bertz CT molecular complexity index is 2220. The number of nitrogens with one attached hydrogen (secondary N) is 2. The number of benzene rings is 3. The molecule has 8 atom stereocenters. The van der Waals surface area contributed by atoms with Gasteiger partial charge in [-0.2, -0.15) is 0 Å². The highest BCUT2D eigenvalue weighted by molar-refractivity contribution is 8.76. The van der Waals surface area contributed by atoms with Gasteiger partial charge < -0.3 is 55.1 Å². The number of aliphatic hydroxyl groups is 3. The number of aromatic hydroxyl groups is 1. The quantitative estimate of drug-likeness (QED) is 0.0604. The molecule has 8 unspecified atom stereocenters. The van der Waals surface area contributed by atoms with Crippen LogP contribution in [-0.4, -0.2) is 125 Å². The van der Waals surface area contributed by atoms with Crippen LogP contribution in [0.4, 0.5) is 0 Å². The molecule has 63 heavy (non-hydrogen) atoms. The van der Waals surface area contributed by atoms with E-state index in [0.717, 1.165) is 31.4 Å². The minimum absolute atomic E-state index is 0.00967. The number of aliphatic carboxylic acids is 1. The third-order valence-electron chi connectivity index (χ3n) is 12.3. The van der Waals surface area contributed by atoms with Crippen LogP contribution in [0.15, 0.2) is 89.4 Å². The van der Waals surface area contributed by atoms with E-state index in [2.05, 4.69) is 59.0 Å². The summed E-state index contributed by atoms with van der Waals surface area (Å²) in [6.45, 7) is 3.65. The summed E-state index contributed by atoms with van der Waals surface area (Å²) in [7, 11) is 4.76. The molecule has 2 fully saturated rings. The van der Waals surface area contributed by atoms with Crippen molar-refractivity contribution in [1.29, 1.82) is 0 Å². The molecule has 7 N–H and O–H groups in total. The molecule has 3 aromatic rings. The minimum atomic E-state index is -2.52. The second-order valence-corrected chi connectivity index (χ2v) is 18.7. The maximum Gasteiger partial charge on any atom is 0.335 e. The number of aryl methyl sites for hydroxylation is 1. The summed E-state index contributed by atoms with van der Waals surface area (Å²) in [5.41, 5.74) is 0.0450. The molecule has 0 aromatic heterocycles. The first kappa shape index (κ1) is 46.3. The van der Waals surface area contributed by atoms with Crippen LogP contribution >= 0.6 is 21.6 Å². The number of carboxylic acid groups (broad SMARTS) is 1. The molecule has 16 heteroatoms. The number of carboxylic acids is 1. The van der Waals surface area contributed by atoms with E-state index in [0.29, 0.717) is 35.5 Å². The number of aliphatic hydroxyl groups excluding tert-OH is 2. The zero-order chi connectivity index (χ0) is 44.6. The fourth-order valence-electron chi connectivity index (χ4n) is 8.71. The number of hydrogen-bond donors (Lipinski definition) is 7. The number of hydrogen-bond acceptors (Lipinski definition) is 15. The lowest BCUT2D eigenvalue weighted by Crippen LogP contribution is -2.80. The second-order valence-electron chi connectivity index (χ2n) is 16.2. The van der Waals surface area contributed by atoms with Crippen LogP contribution in [0.1, 0.15) is 42.0 Å². The van der Waals surface area contributed by atoms with Crippen molar-refractivity contribution < 1.29 is 54.1 Å². The second kappa shape index (κ2) is 20.9. The van der Waals surface area contributed by atoms with Crippen molar-refractivity contribution in [2.45, 2.75) is 55.9 Å². The molecule has 3 aromatic carbocycles. The van der Waals surface area contributed by atoms with Gasteiger partial charge in [0.25, 0.3) is 0 Å². The maximum atomic E-state index is 13.3. The number of aldehydes is 1. The highest BCUT2D eigenvalue weighted by atomic mass is 33.1. The monoisotopic (exact) mass is 901 g/mol. The molecule has 14 nitrogen and oxygen atoms in total. The summed E-state index contributed by atoms with van der Waals surface area (Å²) in [5, 5.41) is 62.3. The standard InChI is InChI=1S/C47H55N3O11S2/c1-29(7-5-10-30-8-3-4-9-31(30)11-6-19-48-2)37-23-50-26-46(57)45(60-35-16-17-36-40(21-35)58-24-38(41(36)53)32-12-14-34(52)15-13-32)61-42(44(55)56)43(54)47(46,27-51)59-28-63-62-25-39(37)33-18-20-49-22-33/h3-5,8-10,12-18,21-22,27,29,37,39,42-43,45,48,50,52-54,57H,6-7,11,19-20,23-26,28H2,1-2H3,(H,55,56). The van der Waals surface area contributed by atoms with Crippen LogP contribution in [0, 0.1) is 17.8 Å². The summed E-state index contributed by atoms with van der Waals surface area (Å²) in [5.74, 6) is -0.641. The van der Waals surface area contributed by atoms with Crippen molar-refractivity contribution in [3.8, 4) is 17.2 Å². The molecule has 0 aliphatic carbocycles. The van der Waals surface area contributed by atoms with E-state index in [-0.39, 0.29) is 59.6 Å². The molecule has 4 aliphatic heterocycles. The molecule has 0 radical (unpaired) electrons. The maximum absolute atomic E-state index is 13.3. The van der Waals surface area contributed by atoms with Gasteiger partial charge >= 0.3 is 5.97 Å². The number of β-amino-alcohol motifs (C(OH)–C–C–N with tert-alkyl or cyclic N) is 1. The van der Waals surface area contributed by atoms with Crippen molar-refractivity contribution >= 4 is 57.5 Å². The summed E-state index contributed by atoms with van der Waals surface area (Å²) in [4.78, 5) is 30.4. The Balaban J connectivity index is 1.18. The zero-order valence-corrected chi connectivity index (χ0v) is 36.9. The normalized spacial score (nSPS) is 28.2. The van der Waals surface area contributed by atoms with Gasteiger partial charge in [0.1, 0.15) is 41.7 Å². The van der Waals surface area contributed by atoms with Crippen molar-refractivity contribution in [3.63, 3.8) is 0 Å². The molecule has 0 amide bonds. The number of phenols is 1. The summed E-state index contributed by atoms with van der Waals surface area (Å²) >= 11 is 0. The predicted octanol–water partition coefficient (Wildman–Crippen LogP) is 5.52. The number of aliphatic imine (C=N–C) groups is 1. The lowest BCUT2D eigenvalue weighted by molar-refractivity contribution is -0.340. The fraction of sp³-hybridized carbons (Fsp3) is 0.426. The smallest absolute Gasteiger partial charge is 0.335 e. The first-order valence-electron chi connectivity index (χ1n) is 21.1. The van der Waals surface area contributed by atoms with Crippen molar-refractivity contribution in [2.24, 2.45) is 22.7 Å². The number of carbonyl (C=O) groups excluding carboxylic acids is 1. The molecule has 4 heterocycles. The molecule has 336 valence electrons. The van der Waals surface area contributed by atoms with Gasteiger partial charge in [-0.1, -0.05) is 83.1 Å². The van der Waals surface area contributed by atoms with E-state index in [1.807, 2.05) is 19.3 Å². The summed E-state index contributed by atoms with van der Waals surface area (Å²) < 4.78 is 24.3. The Morgan fingerprint density at radius 1 is 1.13 bits per heavy atom. The largest absolute Gasteiger partial charge is 0.508 e. The van der Waals surface area contributed by atoms with Crippen LogP contribution < -0.4 is 20.1 Å². The van der Waals surface area contributed by atoms with Gasteiger partial charge in [0.2, 0.25) is 6.29 Å². The van der Waals surface area contributed by atoms with E-state index < -0.39 is 42.2 Å². The van der Waals surface area contributed by atoms with Crippen LogP contribution in [0.5, 0.6) is 17.2 Å². The minimum Gasteiger partial charge on any atom is -0.508 e. The number of phenolic OH excluding ortho intramolecular Hbond substituents is 1. The number of ether oxygens (including phenoxy) is 4. The Kier molecular flexibility index (Phi) is 15.4. The number of rotatable bonds is 14. The average molecular weight is 902 g/mol. The molecule has 4 aliphatic rings. The molecule has 7 rings (SSSR count). The summed E-state index contributed by atoms with van der Waals surface area (Å²) in [6, 6.07) is 19.2. The van der Waals surface area contributed by atoms with E-state index in [4.69, 9.17) is 18.9 Å². The van der Waals surface area contributed by atoms with Crippen LogP contribution in [0.2, 0.25) is 0 Å². The zero-order valence-electron chi connectivity index (χ0n) is 35.2. The SMILES string of the molecule is CNCCCc1ccccc1C=CCC(C)C1CNCC2(O)C(Oc3ccc4c(c3)OCC(c3ccc(O)cc3)=C4O)OC(C(=O)O)C(O)C2(C=O)OCSSCC1C1=CCN=C1. The highest BCUT2D eigenvalue weighted by Crippen LogP contribution is 2.45. The van der Waals surface area contributed by atoms with Gasteiger partial charge in [-0.3, -0.25) is 9.79 Å². The van der Waals surface area contributed by atoms with Gasteiger partial charge in [-0.15, -0.1) is 0 Å². The first-order valence-corrected chi connectivity index (χ1v) is 23.6. The Labute approximate surface area is 374 Å². The van der Waals surface area contributed by atoms with E-state index >= 15 is 0 Å². The average Bonchev–Trinajstić information content (AvgIpc) is 3.82. The lowest BCUT2D eigenvalue weighted by atomic mass is 9.73. The van der Waals surface area contributed by atoms with E-state index in [1.165, 1.54) is 63.0 Å². The number of fused-ring (bicyclic) bond motifs is 2. The van der Waals surface area contributed by atoms with Crippen LogP contribution in [0.3, 0.4) is 0 Å². The molecular weight excluding hydrogens is 847 g/mol.